The molecule has 1 aliphatic heterocycles. The van der Waals surface area contributed by atoms with Crippen molar-refractivity contribution in [3.8, 4) is 11.5 Å². The van der Waals surface area contributed by atoms with E-state index in [1.54, 1.807) is 60.7 Å². The largest absolute Gasteiger partial charge is 0.508 e. The third kappa shape index (κ3) is 8.47. The maximum absolute atomic E-state index is 13.4. The highest BCUT2D eigenvalue weighted by Gasteiger charge is 2.28. The highest BCUT2D eigenvalue weighted by molar-refractivity contribution is 5.95. The molecule has 220 valence electrons. The van der Waals surface area contributed by atoms with Crippen LogP contribution >= 0.6 is 0 Å². The lowest BCUT2D eigenvalue weighted by atomic mass is 10.0. The number of rotatable bonds is 11. The number of carbonyl (C=O) groups is 3. The van der Waals surface area contributed by atoms with Gasteiger partial charge in [-0.2, -0.15) is 0 Å². The summed E-state index contributed by atoms with van der Waals surface area (Å²) in [6.45, 7) is 2.62. The lowest BCUT2D eigenvalue weighted by Crippen LogP contribution is -2.52. The molecule has 2 aliphatic rings. The van der Waals surface area contributed by atoms with E-state index >= 15 is 0 Å². The second-order valence-corrected chi connectivity index (χ2v) is 11.0. The minimum atomic E-state index is -0.864. The summed E-state index contributed by atoms with van der Waals surface area (Å²) >= 11 is 0. The van der Waals surface area contributed by atoms with Crippen molar-refractivity contribution in [3.63, 3.8) is 0 Å². The number of phenolic OH excluding ortho intramolecular Hbond substituents is 2. The number of ether oxygens (including phenoxy) is 1. The van der Waals surface area contributed by atoms with Crippen molar-refractivity contribution in [1.82, 2.24) is 15.5 Å². The number of nitrogens with one attached hydrogen (secondary N) is 3. The maximum atomic E-state index is 13.4. The van der Waals surface area contributed by atoms with Crippen LogP contribution in [0.4, 0.5) is 10.5 Å². The van der Waals surface area contributed by atoms with Gasteiger partial charge in [0, 0.05) is 37.8 Å². The number of nitrogens with zero attached hydrogens (tertiary/aromatic N) is 1. The van der Waals surface area contributed by atoms with Crippen molar-refractivity contribution in [2.24, 2.45) is 5.92 Å². The number of aromatic hydroxyl groups is 2. The van der Waals surface area contributed by atoms with Crippen LogP contribution < -0.4 is 16.0 Å². The second kappa shape index (κ2) is 13.4. The quantitative estimate of drug-likeness (QED) is 0.220. The van der Waals surface area contributed by atoms with E-state index in [4.69, 9.17) is 4.74 Å². The molecule has 1 saturated heterocycles. The maximum Gasteiger partial charge on any atom is 0.338 e. The molecule has 1 aliphatic carbocycles. The Hall–Kier alpha value is -4.57. The highest BCUT2D eigenvalue weighted by Crippen LogP contribution is 2.29. The third-order valence-electron chi connectivity index (χ3n) is 7.48. The first-order chi connectivity index (χ1) is 20.3. The molecule has 3 aromatic carbocycles. The first-order valence-electron chi connectivity index (χ1n) is 14.2. The SMILES string of the molecule is O=C(Nc1ccc(C(=O)OCC2CC2)cc1)N[C@@H](Cc1ccc(O)cc1)C(=O)NC1CCN(Cc2ccc(O)cc2)C1. The molecular formula is C32H36N4O6. The van der Waals surface area contributed by atoms with Gasteiger partial charge in [0.2, 0.25) is 5.91 Å². The second-order valence-electron chi connectivity index (χ2n) is 11.0. The van der Waals surface area contributed by atoms with Crippen LogP contribution in [0.1, 0.15) is 40.7 Å². The van der Waals surface area contributed by atoms with Crippen molar-refractivity contribution in [2.75, 3.05) is 25.0 Å². The molecule has 5 rings (SSSR count). The van der Waals surface area contributed by atoms with E-state index in [9.17, 15) is 24.6 Å². The molecule has 2 atom stereocenters. The molecule has 10 heteroatoms. The van der Waals surface area contributed by atoms with Gasteiger partial charge in [-0.05, 0) is 84.8 Å². The number of hydrogen-bond donors (Lipinski definition) is 5. The van der Waals surface area contributed by atoms with Crippen LogP contribution in [0.15, 0.2) is 72.8 Å². The van der Waals surface area contributed by atoms with Gasteiger partial charge in [0.15, 0.2) is 0 Å². The lowest BCUT2D eigenvalue weighted by Gasteiger charge is -2.22. The Morgan fingerprint density at radius 2 is 1.50 bits per heavy atom. The zero-order valence-corrected chi connectivity index (χ0v) is 23.3. The van der Waals surface area contributed by atoms with Crippen LogP contribution in [0.2, 0.25) is 0 Å². The summed E-state index contributed by atoms with van der Waals surface area (Å²) in [6, 6.07) is 18.5. The minimum Gasteiger partial charge on any atom is -0.508 e. The summed E-state index contributed by atoms with van der Waals surface area (Å²) in [6.07, 6.45) is 3.20. The van der Waals surface area contributed by atoms with E-state index in [2.05, 4.69) is 20.9 Å². The van der Waals surface area contributed by atoms with Crippen molar-refractivity contribution >= 4 is 23.6 Å². The predicted octanol–water partition coefficient (Wildman–Crippen LogP) is 3.79. The highest BCUT2D eigenvalue weighted by atomic mass is 16.5. The smallest absolute Gasteiger partial charge is 0.338 e. The number of benzene rings is 3. The summed E-state index contributed by atoms with van der Waals surface area (Å²) in [5.41, 5.74) is 2.73. The van der Waals surface area contributed by atoms with Crippen LogP contribution in [-0.4, -0.2) is 64.8 Å². The topological polar surface area (TPSA) is 140 Å². The molecule has 1 heterocycles. The summed E-state index contributed by atoms with van der Waals surface area (Å²) < 4.78 is 5.30. The van der Waals surface area contributed by atoms with E-state index in [-0.39, 0.29) is 29.9 Å². The molecular weight excluding hydrogens is 536 g/mol. The number of phenols is 2. The van der Waals surface area contributed by atoms with Gasteiger partial charge >= 0.3 is 12.0 Å². The number of anilines is 1. The monoisotopic (exact) mass is 572 g/mol. The Balaban J connectivity index is 1.17. The Bertz CT molecular complexity index is 1370. The fourth-order valence-electron chi connectivity index (χ4n) is 4.91. The number of esters is 1. The van der Waals surface area contributed by atoms with Gasteiger partial charge in [-0.15, -0.1) is 0 Å². The van der Waals surface area contributed by atoms with Crippen molar-refractivity contribution < 1.29 is 29.3 Å². The zero-order chi connectivity index (χ0) is 29.5. The fourth-order valence-corrected chi connectivity index (χ4v) is 4.91. The standard InChI is InChI=1S/C32H36N4O6/c37-27-11-3-21(4-12-27)17-29(30(39)33-26-15-16-36(19-26)18-22-5-13-28(38)14-6-22)35-32(41)34-25-9-7-24(8-10-25)31(40)42-20-23-1-2-23/h3-14,23,26,29,37-38H,1-2,15-20H2,(H,33,39)(H2,34,35,41)/t26?,29-/m0/s1. The third-order valence-corrected chi connectivity index (χ3v) is 7.48. The first-order valence-corrected chi connectivity index (χ1v) is 14.2. The molecule has 0 radical (unpaired) electrons. The number of urea groups is 1. The summed E-state index contributed by atoms with van der Waals surface area (Å²) in [5.74, 6) is 0.122. The van der Waals surface area contributed by atoms with Crippen molar-refractivity contribution in [3.05, 3.63) is 89.5 Å². The average Bonchev–Trinajstić information content (AvgIpc) is 3.72. The molecule has 2 fully saturated rings. The zero-order valence-electron chi connectivity index (χ0n) is 23.3. The van der Waals surface area contributed by atoms with Crippen LogP contribution in [0.5, 0.6) is 11.5 Å². The van der Waals surface area contributed by atoms with Crippen LogP contribution in [0, 0.1) is 5.92 Å². The van der Waals surface area contributed by atoms with Gasteiger partial charge in [-0.25, -0.2) is 9.59 Å². The van der Waals surface area contributed by atoms with Gasteiger partial charge in [0.1, 0.15) is 17.5 Å². The Morgan fingerprint density at radius 1 is 0.857 bits per heavy atom. The van der Waals surface area contributed by atoms with Crippen LogP contribution in [0.3, 0.4) is 0 Å². The Morgan fingerprint density at radius 3 is 2.14 bits per heavy atom. The van der Waals surface area contributed by atoms with Gasteiger partial charge in [-0.3, -0.25) is 9.69 Å². The molecule has 10 nitrogen and oxygen atoms in total. The van der Waals surface area contributed by atoms with Gasteiger partial charge in [0.05, 0.1) is 12.2 Å². The number of likely N-dealkylation sites (tertiary alicyclic amines) is 1. The molecule has 0 aromatic heterocycles. The fraction of sp³-hybridized carbons (Fsp3) is 0.344. The lowest BCUT2D eigenvalue weighted by molar-refractivity contribution is -0.123. The number of carbonyl (C=O) groups excluding carboxylic acids is 3. The van der Waals surface area contributed by atoms with Crippen molar-refractivity contribution in [2.45, 2.75) is 44.3 Å². The molecule has 42 heavy (non-hydrogen) atoms. The van der Waals surface area contributed by atoms with E-state index < -0.39 is 18.0 Å². The van der Waals surface area contributed by atoms with Gasteiger partial charge in [-0.1, -0.05) is 24.3 Å². The van der Waals surface area contributed by atoms with E-state index in [0.717, 1.165) is 36.9 Å². The molecule has 5 N–H and O–H groups in total. The summed E-state index contributed by atoms with van der Waals surface area (Å²) in [7, 11) is 0. The predicted molar refractivity (Wildman–Crippen MR) is 157 cm³/mol. The molecule has 3 amide bonds. The van der Waals surface area contributed by atoms with Gasteiger partial charge < -0.3 is 30.9 Å². The average molecular weight is 573 g/mol. The van der Waals surface area contributed by atoms with E-state index in [1.807, 2.05) is 12.1 Å². The van der Waals surface area contributed by atoms with Gasteiger partial charge in [0.25, 0.3) is 0 Å². The molecule has 3 aromatic rings. The molecule has 1 unspecified atom stereocenters. The molecule has 1 saturated carbocycles. The summed E-state index contributed by atoms with van der Waals surface area (Å²) in [4.78, 5) is 40.8. The number of hydrogen-bond acceptors (Lipinski definition) is 7. The Labute approximate surface area is 244 Å². The first kappa shape index (κ1) is 28.9. The van der Waals surface area contributed by atoms with Crippen LogP contribution in [-0.2, 0) is 22.5 Å². The van der Waals surface area contributed by atoms with E-state index in [1.165, 1.54) is 0 Å². The normalized spacial score (nSPS) is 17.3. The summed E-state index contributed by atoms with van der Waals surface area (Å²) in [5, 5.41) is 27.8. The van der Waals surface area contributed by atoms with Crippen LogP contribution in [0.25, 0.3) is 0 Å². The van der Waals surface area contributed by atoms with Crippen molar-refractivity contribution in [1.29, 1.82) is 0 Å². The Kier molecular flexibility index (Phi) is 9.23. The number of amides is 3. The van der Waals surface area contributed by atoms with E-state index in [0.29, 0.717) is 36.9 Å². The molecule has 0 spiro atoms. The minimum absolute atomic E-state index is 0.0750. The molecule has 0 bridgehead atoms.